The molecule has 0 amide bonds. The first-order valence-corrected chi connectivity index (χ1v) is 8.52. The highest BCUT2D eigenvalue weighted by Crippen LogP contribution is 2.26. The Morgan fingerprint density at radius 3 is 2.58 bits per heavy atom. The van der Waals surface area contributed by atoms with Gasteiger partial charge in [0.2, 0.25) is 0 Å². The lowest BCUT2D eigenvalue weighted by molar-refractivity contribution is 0.340. The molecule has 0 aliphatic carbocycles. The van der Waals surface area contributed by atoms with Crippen molar-refractivity contribution in [2.24, 2.45) is 7.05 Å². The minimum absolute atomic E-state index is 0.168. The normalized spacial score (nSPS) is 13.7. The van der Waals surface area contributed by atoms with Crippen molar-refractivity contribution >= 4 is 17.0 Å². The number of hydrogen-bond acceptors (Lipinski definition) is 6. The Labute approximate surface area is 152 Å². The molecule has 3 heterocycles. The first-order valence-electron chi connectivity index (χ1n) is 8.52. The maximum Gasteiger partial charge on any atom is 0.331 e. The highest BCUT2D eigenvalue weighted by molar-refractivity contribution is 5.85. The number of imidazole rings is 1. The van der Waals surface area contributed by atoms with Crippen molar-refractivity contribution in [2.45, 2.75) is 20.4 Å². The molecule has 0 atom stereocenters. The largest absolute Gasteiger partial charge is 0.450 e. The standard InChI is InChI=1S/C18H22N6O2/c1-4-6-10-24-14-15(22(3)18(24)25)20-17(26-13-7-5-2)21-16(14)23-11-8-19-9-12-23/h19H,8-13H2,1-3H3. The number of aromatic nitrogens is 4. The Hall–Kier alpha value is -2.97. The average molecular weight is 354 g/mol. The van der Waals surface area contributed by atoms with Crippen LogP contribution in [0.1, 0.15) is 13.8 Å². The highest BCUT2D eigenvalue weighted by Gasteiger charge is 2.23. The molecule has 8 heteroatoms. The third kappa shape index (κ3) is 3.37. The van der Waals surface area contributed by atoms with Crippen molar-refractivity contribution in [3.05, 3.63) is 10.5 Å². The van der Waals surface area contributed by atoms with Crippen LogP contribution in [-0.2, 0) is 13.6 Å². The Kier molecular flexibility index (Phi) is 5.45. The fourth-order valence-electron chi connectivity index (χ4n) is 2.89. The van der Waals surface area contributed by atoms with E-state index in [0.717, 1.165) is 26.2 Å². The van der Waals surface area contributed by atoms with Gasteiger partial charge < -0.3 is 15.0 Å². The molecule has 0 radical (unpaired) electrons. The van der Waals surface area contributed by atoms with Gasteiger partial charge in [0, 0.05) is 33.2 Å². The van der Waals surface area contributed by atoms with E-state index in [9.17, 15) is 4.79 Å². The van der Waals surface area contributed by atoms with Crippen LogP contribution in [0.4, 0.5) is 5.82 Å². The molecule has 1 saturated heterocycles. The van der Waals surface area contributed by atoms with Gasteiger partial charge in [-0.05, 0) is 13.8 Å². The van der Waals surface area contributed by atoms with Crippen molar-refractivity contribution in [1.82, 2.24) is 24.4 Å². The molecule has 1 aliphatic heterocycles. The van der Waals surface area contributed by atoms with Gasteiger partial charge in [-0.1, -0.05) is 11.8 Å². The lowest BCUT2D eigenvalue weighted by Gasteiger charge is -2.29. The van der Waals surface area contributed by atoms with Gasteiger partial charge in [-0.25, -0.2) is 4.79 Å². The predicted octanol–water partition coefficient (Wildman–Crippen LogP) is -0.0350. The van der Waals surface area contributed by atoms with Crippen molar-refractivity contribution in [1.29, 1.82) is 0 Å². The highest BCUT2D eigenvalue weighted by atomic mass is 16.5. The van der Waals surface area contributed by atoms with Gasteiger partial charge in [0.15, 0.2) is 18.1 Å². The smallest absolute Gasteiger partial charge is 0.331 e. The lowest BCUT2D eigenvalue weighted by atomic mass is 10.3. The number of hydrogen-bond donors (Lipinski definition) is 1. The second kappa shape index (κ2) is 7.94. The fraction of sp³-hybridized carbons (Fsp3) is 0.500. The molecule has 0 bridgehead atoms. The van der Waals surface area contributed by atoms with Crippen LogP contribution in [-0.4, -0.2) is 51.9 Å². The second-order valence-electron chi connectivity index (χ2n) is 5.81. The zero-order valence-electron chi connectivity index (χ0n) is 15.3. The van der Waals surface area contributed by atoms with Crippen LogP contribution in [0.2, 0.25) is 0 Å². The van der Waals surface area contributed by atoms with Crippen molar-refractivity contribution < 1.29 is 4.74 Å². The SMILES string of the molecule is CC#CCOc1nc(N2CCNCC2)c2c(n1)n(C)c(=O)n2CC#CC. The van der Waals surface area contributed by atoms with E-state index in [0.29, 0.717) is 23.5 Å². The minimum Gasteiger partial charge on any atom is -0.450 e. The Balaban J connectivity index is 2.19. The van der Waals surface area contributed by atoms with Crippen molar-refractivity contribution in [3.63, 3.8) is 0 Å². The van der Waals surface area contributed by atoms with E-state index in [1.807, 2.05) is 0 Å². The third-order valence-corrected chi connectivity index (χ3v) is 4.21. The summed E-state index contributed by atoms with van der Waals surface area (Å²) in [4.78, 5) is 23.9. The summed E-state index contributed by atoms with van der Waals surface area (Å²) in [5.41, 5.74) is 1.06. The van der Waals surface area contributed by atoms with Crippen LogP contribution >= 0.6 is 0 Å². The van der Waals surface area contributed by atoms with E-state index >= 15 is 0 Å². The summed E-state index contributed by atoms with van der Waals surface area (Å²) < 4.78 is 8.72. The molecule has 8 nitrogen and oxygen atoms in total. The number of fused-ring (bicyclic) bond motifs is 1. The van der Waals surface area contributed by atoms with Crippen LogP contribution < -0.4 is 20.6 Å². The second-order valence-corrected chi connectivity index (χ2v) is 5.81. The number of nitrogens with zero attached hydrogens (tertiary/aromatic N) is 5. The molecule has 1 fully saturated rings. The van der Waals surface area contributed by atoms with Gasteiger partial charge in [0.1, 0.15) is 5.52 Å². The van der Waals surface area contributed by atoms with Gasteiger partial charge in [-0.2, -0.15) is 9.97 Å². The minimum atomic E-state index is -0.168. The number of nitrogens with one attached hydrogen (secondary N) is 1. The molecule has 26 heavy (non-hydrogen) atoms. The predicted molar refractivity (Wildman–Crippen MR) is 100 cm³/mol. The summed E-state index contributed by atoms with van der Waals surface area (Å²) in [6, 6.07) is 0.225. The van der Waals surface area contributed by atoms with Gasteiger partial charge >= 0.3 is 11.7 Å². The average Bonchev–Trinajstić information content (AvgIpc) is 2.91. The van der Waals surface area contributed by atoms with Gasteiger partial charge in [-0.15, -0.1) is 11.8 Å². The van der Waals surface area contributed by atoms with E-state index in [-0.39, 0.29) is 18.3 Å². The summed E-state index contributed by atoms with van der Waals surface area (Å²) in [5, 5.41) is 3.32. The molecule has 0 aromatic carbocycles. The summed E-state index contributed by atoms with van der Waals surface area (Å²) in [7, 11) is 1.70. The number of aryl methyl sites for hydroxylation is 1. The summed E-state index contributed by atoms with van der Waals surface area (Å²) in [6.07, 6.45) is 0. The summed E-state index contributed by atoms with van der Waals surface area (Å²) >= 11 is 0. The Morgan fingerprint density at radius 1 is 1.15 bits per heavy atom. The van der Waals surface area contributed by atoms with E-state index < -0.39 is 0 Å². The van der Waals surface area contributed by atoms with Crippen LogP contribution in [0.3, 0.4) is 0 Å². The summed E-state index contributed by atoms with van der Waals surface area (Å²) in [6.45, 7) is 7.31. The first kappa shape index (κ1) is 17.8. The molecule has 1 aliphatic rings. The van der Waals surface area contributed by atoms with E-state index in [1.54, 1.807) is 25.5 Å². The molecule has 0 spiro atoms. The van der Waals surface area contributed by atoms with Crippen molar-refractivity contribution in [3.8, 4) is 29.7 Å². The molecular formula is C18H22N6O2. The topological polar surface area (TPSA) is 77.2 Å². The zero-order valence-corrected chi connectivity index (χ0v) is 15.3. The molecule has 2 aromatic rings. The van der Waals surface area contributed by atoms with E-state index in [4.69, 9.17) is 4.74 Å². The number of ether oxygens (including phenoxy) is 1. The molecule has 0 saturated carbocycles. The molecule has 2 aromatic heterocycles. The molecule has 0 unspecified atom stereocenters. The number of anilines is 1. The molecule has 1 N–H and O–H groups in total. The van der Waals surface area contributed by atoms with Crippen LogP contribution in [0, 0.1) is 23.7 Å². The maximum absolute atomic E-state index is 12.7. The van der Waals surface area contributed by atoms with Crippen LogP contribution in [0.25, 0.3) is 11.2 Å². The van der Waals surface area contributed by atoms with Gasteiger partial charge in [0.05, 0.1) is 6.54 Å². The van der Waals surface area contributed by atoms with Gasteiger partial charge in [0.25, 0.3) is 0 Å². The third-order valence-electron chi connectivity index (χ3n) is 4.21. The molecular weight excluding hydrogens is 332 g/mol. The number of piperazine rings is 1. The first-order chi connectivity index (χ1) is 12.7. The Bertz CT molecular complexity index is 977. The fourth-order valence-corrected chi connectivity index (χ4v) is 2.89. The monoisotopic (exact) mass is 354 g/mol. The zero-order chi connectivity index (χ0) is 18.5. The number of rotatable bonds is 4. The summed E-state index contributed by atoms with van der Waals surface area (Å²) in [5.74, 6) is 12.1. The quantitative estimate of drug-likeness (QED) is 0.777. The molecule has 3 rings (SSSR count). The van der Waals surface area contributed by atoms with Gasteiger partial charge in [-0.3, -0.25) is 9.13 Å². The van der Waals surface area contributed by atoms with E-state index in [2.05, 4.69) is 43.9 Å². The van der Waals surface area contributed by atoms with E-state index in [1.165, 1.54) is 4.57 Å². The maximum atomic E-state index is 12.7. The van der Waals surface area contributed by atoms with Crippen molar-refractivity contribution in [2.75, 3.05) is 37.7 Å². The lowest BCUT2D eigenvalue weighted by Crippen LogP contribution is -2.44. The molecule has 136 valence electrons. The Morgan fingerprint density at radius 2 is 1.88 bits per heavy atom. The van der Waals surface area contributed by atoms with Crippen LogP contribution in [0.15, 0.2) is 4.79 Å². The van der Waals surface area contributed by atoms with Crippen LogP contribution in [0.5, 0.6) is 6.01 Å².